The van der Waals surface area contributed by atoms with Crippen LogP contribution in [0, 0.1) is 27.3 Å². The summed E-state index contributed by atoms with van der Waals surface area (Å²) in [6.45, 7) is 2.07. The molecule has 0 saturated heterocycles. The number of nitriles is 1. The van der Waals surface area contributed by atoms with Crippen LogP contribution in [-0.4, -0.2) is 29.2 Å². The van der Waals surface area contributed by atoms with Crippen LogP contribution in [-0.2, 0) is 13.6 Å². The smallest absolute Gasteiger partial charge is 0.406 e. The maximum absolute atomic E-state index is 14.2. The standard InChI is InChI=1S/C22H18FN7O3/c1-14(33-20-4-3-7-25-22(20)30(31)32)19-8-16(23)5-6-18(19)21-15(10-27-28(21)2)11-29-12-17(9-24)26-13-29/h3-8,10,12-14H,11H2,1-2H3. The Hall–Kier alpha value is -4.59. The third kappa shape index (κ3) is 4.40. The van der Waals surface area contributed by atoms with Crippen molar-refractivity contribution in [1.82, 2.24) is 24.3 Å². The average molecular weight is 447 g/mol. The van der Waals surface area contributed by atoms with E-state index in [1.54, 1.807) is 48.0 Å². The molecule has 0 saturated carbocycles. The fraction of sp³-hybridized carbons (Fsp3) is 0.182. The van der Waals surface area contributed by atoms with Gasteiger partial charge in [-0.25, -0.2) is 9.37 Å². The molecule has 0 aliphatic heterocycles. The highest BCUT2D eigenvalue weighted by molar-refractivity contribution is 5.68. The van der Waals surface area contributed by atoms with E-state index in [4.69, 9.17) is 10.00 Å². The fourth-order valence-corrected chi connectivity index (χ4v) is 3.60. The van der Waals surface area contributed by atoms with Gasteiger partial charge < -0.3 is 19.4 Å². The molecule has 4 rings (SSSR count). The summed E-state index contributed by atoms with van der Waals surface area (Å²) in [5.74, 6) is -0.906. The van der Waals surface area contributed by atoms with Crippen molar-refractivity contribution in [3.8, 4) is 23.1 Å². The molecule has 3 heterocycles. The predicted molar refractivity (Wildman–Crippen MR) is 115 cm³/mol. The van der Waals surface area contributed by atoms with Crippen LogP contribution in [0.4, 0.5) is 10.2 Å². The van der Waals surface area contributed by atoms with Crippen LogP contribution >= 0.6 is 0 Å². The van der Waals surface area contributed by atoms with E-state index < -0.39 is 22.7 Å². The predicted octanol–water partition coefficient (Wildman–Crippen LogP) is 3.79. The highest BCUT2D eigenvalue weighted by Crippen LogP contribution is 2.35. The minimum atomic E-state index is -0.736. The molecule has 0 bridgehead atoms. The molecular formula is C22H18FN7O3. The highest BCUT2D eigenvalue weighted by atomic mass is 19.1. The molecule has 1 unspecified atom stereocenters. The first-order valence-electron chi connectivity index (χ1n) is 9.86. The van der Waals surface area contributed by atoms with Crippen molar-refractivity contribution in [3.05, 3.63) is 88.0 Å². The summed E-state index contributed by atoms with van der Waals surface area (Å²) in [5.41, 5.74) is 2.97. The molecule has 4 aromatic rings. The van der Waals surface area contributed by atoms with E-state index in [2.05, 4.69) is 15.1 Å². The molecule has 3 aromatic heterocycles. The zero-order valence-electron chi connectivity index (χ0n) is 17.7. The molecule has 33 heavy (non-hydrogen) atoms. The summed E-state index contributed by atoms with van der Waals surface area (Å²) in [4.78, 5) is 18.4. The van der Waals surface area contributed by atoms with Crippen molar-refractivity contribution in [3.63, 3.8) is 0 Å². The van der Waals surface area contributed by atoms with E-state index in [0.717, 1.165) is 5.56 Å². The quantitative estimate of drug-likeness (QED) is 0.312. The third-order valence-electron chi connectivity index (χ3n) is 5.05. The van der Waals surface area contributed by atoms with Crippen LogP contribution in [0.25, 0.3) is 11.3 Å². The van der Waals surface area contributed by atoms with Gasteiger partial charge in [-0.3, -0.25) is 4.68 Å². The van der Waals surface area contributed by atoms with Gasteiger partial charge in [0, 0.05) is 29.9 Å². The van der Waals surface area contributed by atoms with E-state index in [1.807, 2.05) is 6.07 Å². The van der Waals surface area contributed by atoms with Gasteiger partial charge in [-0.2, -0.15) is 10.4 Å². The maximum atomic E-state index is 14.2. The molecule has 0 radical (unpaired) electrons. The van der Waals surface area contributed by atoms with Crippen LogP contribution in [0.3, 0.4) is 0 Å². The second-order valence-electron chi connectivity index (χ2n) is 7.26. The number of rotatable bonds is 7. The first kappa shape index (κ1) is 21.6. The number of nitrogens with zero attached hydrogens (tertiary/aromatic N) is 7. The van der Waals surface area contributed by atoms with Gasteiger partial charge in [0.25, 0.3) is 0 Å². The topological polar surface area (TPSA) is 125 Å². The first-order chi connectivity index (χ1) is 15.9. The van der Waals surface area contributed by atoms with Crippen molar-refractivity contribution in [2.24, 2.45) is 7.05 Å². The summed E-state index contributed by atoms with van der Waals surface area (Å²) >= 11 is 0. The number of nitro groups is 1. The number of ether oxygens (including phenoxy) is 1. The molecule has 1 atom stereocenters. The van der Waals surface area contributed by atoms with Crippen LogP contribution in [0.2, 0.25) is 0 Å². The van der Waals surface area contributed by atoms with Crippen molar-refractivity contribution >= 4 is 5.82 Å². The Morgan fingerprint density at radius 3 is 2.88 bits per heavy atom. The summed E-state index contributed by atoms with van der Waals surface area (Å²) in [6.07, 6.45) is 5.43. The highest BCUT2D eigenvalue weighted by Gasteiger charge is 2.23. The lowest BCUT2D eigenvalue weighted by molar-refractivity contribution is -0.390. The van der Waals surface area contributed by atoms with Gasteiger partial charge in [-0.1, -0.05) is 0 Å². The average Bonchev–Trinajstić information content (AvgIpc) is 3.40. The number of halogens is 1. The summed E-state index contributed by atoms with van der Waals surface area (Å²) < 4.78 is 23.5. The molecule has 11 heteroatoms. The maximum Gasteiger partial charge on any atom is 0.406 e. The lowest BCUT2D eigenvalue weighted by Crippen LogP contribution is -2.09. The molecule has 0 fully saturated rings. The van der Waals surface area contributed by atoms with Crippen LogP contribution < -0.4 is 4.74 Å². The molecule has 0 amide bonds. The lowest BCUT2D eigenvalue weighted by Gasteiger charge is -2.19. The van der Waals surface area contributed by atoms with Gasteiger partial charge in [0.2, 0.25) is 5.75 Å². The Labute approximate surface area is 187 Å². The number of aryl methyl sites for hydroxylation is 1. The summed E-state index contributed by atoms with van der Waals surface area (Å²) in [6, 6.07) is 9.25. The number of aromatic nitrogens is 5. The SMILES string of the molecule is CC(Oc1cccnc1[N+](=O)[O-])c1cc(F)ccc1-c1c(Cn2cnc(C#N)c2)cnn1C. The molecule has 0 N–H and O–H groups in total. The number of hydrogen-bond acceptors (Lipinski definition) is 7. The van der Waals surface area contributed by atoms with Crippen molar-refractivity contribution < 1.29 is 14.1 Å². The molecule has 166 valence electrons. The van der Waals surface area contributed by atoms with Gasteiger partial charge in [0.05, 0.1) is 24.8 Å². The number of imidazole rings is 1. The van der Waals surface area contributed by atoms with Crippen LogP contribution in [0.15, 0.2) is 55.2 Å². The second kappa shape index (κ2) is 8.88. The minimum absolute atomic E-state index is 0.0158. The number of hydrogen-bond donors (Lipinski definition) is 0. The third-order valence-corrected chi connectivity index (χ3v) is 5.05. The Morgan fingerprint density at radius 1 is 1.33 bits per heavy atom. The van der Waals surface area contributed by atoms with Gasteiger partial charge in [-0.15, -0.1) is 0 Å². The second-order valence-corrected chi connectivity index (χ2v) is 7.26. The normalized spacial score (nSPS) is 11.7. The molecule has 0 aliphatic carbocycles. The molecular weight excluding hydrogens is 429 g/mol. The monoisotopic (exact) mass is 447 g/mol. The number of pyridine rings is 1. The molecule has 1 aromatic carbocycles. The Balaban J connectivity index is 1.73. The Morgan fingerprint density at radius 2 is 2.15 bits per heavy atom. The molecule has 10 nitrogen and oxygen atoms in total. The van der Waals surface area contributed by atoms with Crippen molar-refractivity contribution in [1.29, 1.82) is 5.26 Å². The van der Waals surface area contributed by atoms with Gasteiger partial charge in [-0.05, 0) is 47.2 Å². The van der Waals surface area contributed by atoms with Crippen LogP contribution in [0.1, 0.15) is 29.8 Å². The minimum Gasteiger partial charge on any atom is -0.478 e. The first-order valence-corrected chi connectivity index (χ1v) is 9.86. The summed E-state index contributed by atoms with van der Waals surface area (Å²) in [7, 11) is 1.76. The van der Waals surface area contributed by atoms with Gasteiger partial charge in [0.1, 0.15) is 24.2 Å². The zero-order chi connectivity index (χ0) is 23.5. The van der Waals surface area contributed by atoms with E-state index in [-0.39, 0.29) is 5.75 Å². The van der Waals surface area contributed by atoms with E-state index in [9.17, 15) is 14.5 Å². The van der Waals surface area contributed by atoms with E-state index >= 15 is 0 Å². The van der Waals surface area contributed by atoms with E-state index in [1.165, 1.54) is 30.5 Å². The Kier molecular flexibility index (Phi) is 5.82. The molecule has 0 aliphatic rings. The number of benzene rings is 1. The van der Waals surface area contributed by atoms with Gasteiger partial charge >= 0.3 is 5.82 Å². The van der Waals surface area contributed by atoms with Crippen molar-refractivity contribution in [2.45, 2.75) is 19.6 Å². The molecule has 0 spiro atoms. The van der Waals surface area contributed by atoms with Crippen molar-refractivity contribution in [2.75, 3.05) is 0 Å². The van der Waals surface area contributed by atoms with E-state index in [0.29, 0.717) is 29.1 Å². The lowest BCUT2D eigenvalue weighted by atomic mass is 9.97. The van der Waals surface area contributed by atoms with Gasteiger partial charge in [0.15, 0.2) is 5.69 Å². The van der Waals surface area contributed by atoms with Crippen LogP contribution in [0.5, 0.6) is 5.75 Å². The Bertz CT molecular complexity index is 1370. The summed E-state index contributed by atoms with van der Waals surface area (Å²) in [5, 5.41) is 24.7. The zero-order valence-corrected chi connectivity index (χ0v) is 17.7. The largest absolute Gasteiger partial charge is 0.478 e. The fourth-order valence-electron chi connectivity index (χ4n) is 3.60.